The van der Waals surface area contributed by atoms with Gasteiger partial charge in [-0.25, -0.2) is 4.79 Å². The van der Waals surface area contributed by atoms with Gasteiger partial charge in [-0.15, -0.1) is 0 Å². The first-order valence-electron chi connectivity index (χ1n) is 8.36. The predicted octanol–water partition coefficient (Wildman–Crippen LogP) is 2.82. The number of hydrogen-bond acceptors (Lipinski definition) is 3. The lowest BCUT2D eigenvalue weighted by Gasteiger charge is -2.29. The van der Waals surface area contributed by atoms with Crippen LogP contribution in [0.25, 0.3) is 10.9 Å². The molecule has 0 spiro atoms. The first-order valence-corrected chi connectivity index (χ1v) is 8.36. The summed E-state index contributed by atoms with van der Waals surface area (Å²) in [6.07, 6.45) is 7.04. The SMILES string of the molecule is CC1C2C=CC(C3CNc4c5ccccc5nc(=O)n4C3)=CC12. The van der Waals surface area contributed by atoms with Gasteiger partial charge >= 0.3 is 5.69 Å². The van der Waals surface area contributed by atoms with E-state index < -0.39 is 0 Å². The molecule has 4 heteroatoms. The summed E-state index contributed by atoms with van der Waals surface area (Å²) in [4.78, 5) is 16.6. The quantitative estimate of drug-likeness (QED) is 0.881. The number of allylic oxidation sites excluding steroid dienone is 3. The number of rotatable bonds is 1. The molecule has 4 nitrogen and oxygen atoms in total. The van der Waals surface area contributed by atoms with Gasteiger partial charge in [0.1, 0.15) is 5.82 Å². The van der Waals surface area contributed by atoms with Gasteiger partial charge < -0.3 is 5.32 Å². The van der Waals surface area contributed by atoms with Crippen molar-refractivity contribution in [3.63, 3.8) is 0 Å². The average Bonchev–Trinajstić information content (AvgIpc) is 3.24. The highest BCUT2D eigenvalue weighted by molar-refractivity contribution is 5.89. The summed E-state index contributed by atoms with van der Waals surface area (Å²) in [5.74, 6) is 3.49. The van der Waals surface area contributed by atoms with E-state index in [0.717, 1.165) is 35.1 Å². The molecule has 2 aromatic rings. The van der Waals surface area contributed by atoms with Crippen LogP contribution >= 0.6 is 0 Å². The fourth-order valence-electron chi connectivity index (χ4n) is 4.13. The lowest BCUT2D eigenvalue weighted by molar-refractivity contribution is 0.488. The highest BCUT2D eigenvalue weighted by Gasteiger charge is 2.45. The van der Waals surface area contributed by atoms with E-state index in [1.165, 1.54) is 5.57 Å². The maximum Gasteiger partial charge on any atom is 0.349 e. The molecule has 1 aromatic carbocycles. The summed E-state index contributed by atoms with van der Waals surface area (Å²) in [6.45, 7) is 3.89. The van der Waals surface area contributed by atoms with Crippen molar-refractivity contribution in [3.8, 4) is 0 Å². The molecule has 2 aliphatic carbocycles. The van der Waals surface area contributed by atoms with Gasteiger partial charge in [-0.3, -0.25) is 4.57 Å². The molecule has 0 bridgehead atoms. The third-order valence-electron chi connectivity index (χ3n) is 5.68. The highest BCUT2D eigenvalue weighted by atomic mass is 16.1. The molecule has 0 amide bonds. The van der Waals surface area contributed by atoms with Crippen LogP contribution in [0, 0.1) is 23.7 Å². The number of nitrogens with zero attached hydrogens (tertiary/aromatic N) is 2. The first kappa shape index (κ1) is 13.1. The van der Waals surface area contributed by atoms with Crippen LogP contribution in [0.2, 0.25) is 0 Å². The van der Waals surface area contributed by atoms with E-state index in [9.17, 15) is 4.79 Å². The first-order chi connectivity index (χ1) is 11.2. The zero-order chi connectivity index (χ0) is 15.6. The van der Waals surface area contributed by atoms with Gasteiger partial charge in [-0.05, 0) is 35.5 Å². The summed E-state index contributed by atoms with van der Waals surface area (Å²) < 4.78 is 1.80. The van der Waals surface area contributed by atoms with Gasteiger partial charge in [-0.2, -0.15) is 4.98 Å². The van der Waals surface area contributed by atoms with E-state index in [4.69, 9.17) is 0 Å². The predicted molar refractivity (Wildman–Crippen MR) is 91.3 cm³/mol. The minimum absolute atomic E-state index is 0.158. The van der Waals surface area contributed by atoms with E-state index >= 15 is 0 Å². The van der Waals surface area contributed by atoms with Gasteiger partial charge in [0, 0.05) is 24.4 Å². The lowest BCUT2D eigenvalue weighted by atomic mass is 9.92. The maximum absolute atomic E-state index is 12.4. The average molecular weight is 305 g/mol. The smallest absolute Gasteiger partial charge is 0.349 e. The number of anilines is 1. The Labute approximate surface area is 134 Å². The molecule has 1 aliphatic heterocycles. The third-order valence-corrected chi connectivity index (χ3v) is 5.68. The fourth-order valence-corrected chi connectivity index (χ4v) is 4.13. The molecule has 1 N–H and O–H groups in total. The van der Waals surface area contributed by atoms with Crippen LogP contribution in [0.1, 0.15) is 6.92 Å². The van der Waals surface area contributed by atoms with E-state index in [0.29, 0.717) is 18.4 Å². The molecule has 116 valence electrons. The normalized spacial score (nSPS) is 31.1. The summed E-state index contributed by atoms with van der Waals surface area (Å²) >= 11 is 0. The molecule has 5 rings (SSSR count). The van der Waals surface area contributed by atoms with Crippen LogP contribution in [0.3, 0.4) is 0 Å². The minimum atomic E-state index is -0.158. The van der Waals surface area contributed by atoms with Crippen LogP contribution in [0.5, 0.6) is 0 Å². The lowest BCUT2D eigenvalue weighted by Crippen LogP contribution is -2.37. The van der Waals surface area contributed by atoms with E-state index in [1.807, 2.05) is 24.3 Å². The van der Waals surface area contributed by atoms with Gasteiger partial charge in [0.15, 0.2) is 0 Å². The minimum Gasteiger partial charge on any atom is -0.370 e. The van der Waals surface area contributed by atoms with Crippen molar-refractivity contribution in [3.05, 3.63) is 58.6 Å². The van der Waals surface area contributed by atoms with Gasteiger partial charge in [-0.1, -0.05) is 37.3 Å². The molecule has 23 heavy (non-hydrogen) atoms. The Morgan fingerprint density at radius 3 is 3.00 bits per heavy atom. The molecule has 3 aliphatic rings. The fraction of sp³-hybridized carbons (Fsp3) is 0.368. The molecule has 2 heterocycles. The topological polar surface area (TPSA) is 46.9 Å². The molecule has 4 unspecified atom stereocenters. The summed E-state index contributed by atoms with van der Waals surface area (Å²) in [7, 11) is 0. The second-order valence-electron chi connectivity index (χ2n) is 6.99. The zero-order valence-corrected chi connectivity index (χ0v) is 13.1. The third kappa shape index (κ3) is 1.90. The van der Waals surface area contributed by atoms with Crippen molar-refractivity contribution in [2.24, 2.45) is 23.7 Å². The van der Waals surface area contributed by atoms with Crippen molar-refractivity contribution in [2.75, 3.05) is 11.9 Å². The summed E-state index contributed by atoms with van der Waals surface area (Å²) in [5.41, 5.74) is 1.98. The van der Waals surface area contributed by atoms with Crippen LogP contribution in [-0.2, 0) is 6.54 Å². The van der Waals surface area contributed by atoms with Gasteiger partial charge in [0.25, 0.3) is 0 Å². The van der Waals surface area contributed by atoms with Crippen LogP contribution in [0.4, 0.5) is 5.82 Å². The van der Waals surface area contributed by atoms with Crippen LogP contribution in [0.15, 0.2) is 52.9 Å². The second kappa shape index (κ2) is 4.57. The molecule has 1 fully saturated rings. The van der Waals surface area contributed by atoms with Crippen molar-refractivity contribution >= 4 is 16.7 Å². The number of fused-ring (bicyclic) bond motifs is 4. The Morgan fingerprint density at radius 1 is 1.26 bits per heavy atom. The van der Waals surface area contributed by atoms with Gasteiger partial charge in [0.05, 0.1) is 5.52 Å². The second-order valence-corrected chi connectivity index (χ2v) is 6.99. The zero-order valence-electron chi connectivity index (χ0n) is 13.1. The Bertz CT molecular complexity index is 924. The molecule has 0 radical (unpaired) electrons. The Balaban J connectivity index is 1.54. The van der Waals surface area contributed by atoms with E-state index in [2.05, 4.69) is 35.5 Å². The molecular weight excluding hydrogens is 286 g/mol. The van der Waals surface area contributed by atoms with Crippen LogP contribution in [-0.4, -0.2) is 16.1 Å². The van der Waals surface area contributed by atoms with E-state index in [-0.39, 0.29) is 5.69 Å². The van der Waals surface area contributed by atoms with Crippen LogP contribution < -0.4 is 11.0 Å². The Hall–Kier alpha value is -2.36. The monoisotopic (exact) mass is 305 g/mol. The summed E-state index contributed by atoms with van der Waals surface area (Å²) in [5, 5.41) is 4.50. The number of hydrogen-bond donors (Lipinski definition) is 1. The van der Waals surface area contributed by atoms with Crippen molar-refractivity contribution in [1.82, 2.24) is 9.55 Å². The molecule has 0 saturated heterocycles. The number of para-hydroxylation sites is 1. The van der Waals surface area contributed by atoms with E-state index in [1.54, 1.807) is 4.57 Å². The number of aromatic nitrogens is 2. The Morgan fingerprint density at radius 2 is 2.13 bits per heavy atom. The molecular formula is C19H19N3O. The van der Waals surface area contributed by atoms with Crippen molar-refractivity contribution < 1.29 is 0 Å². The molecule has 1 saturated carbocycles. The summed E-state index contributed by atoms with van der Waals surface area (Å²) in [6, 6.07) is 7.83. The maximum atomic E-state index is 12.4. The van der Waals surface area contributed by atoms with Crippen molar-refractivity contribution in [1.29, 1.82) is 0 Å². The molecule has 4 atom stereocenters. The Kier molecular flexibility index (Phi) is 2.61. The number of nitrogens with one attached hydrogen (secondary N) is 1. The van der Waals surface area contributed by atoms with Crippen molar-refractivity contribution in [2.45, 2.75) is 13.5 Å². The largest absolute Gasteiger partial charge is 0.370 e. The molecule has 1 aromatic heterocycles. The van der Waals surface area contributed by atoms with Gasteiger partial charge in [0.2, 0.25) is 0 Å². The highest BCUT2D eigenvalue weighted by Crippen LogP contribution is 2.51. The number of benzene rings is 1. The standard InChI is InChI=1S/C19H19N3O/c1-11-14-7-6-12(8-16(11)14)13-9-20-18-15-4-2-3-5-17(15)21-19(23)22(18)10-13/h2-8,11,13-14,16,20H,9-10H2,1H3.